The topological polar surface area (TPSA) is 53.8 Å². The number of aliphatic hydroxyl groups excluding tert-OH is 1. The number of nitrogens with zero attached hydrogens (tertiary/aromatic N) is 1. The minimum absolute atomic E-state index is 0.0149. The number of hydrogen-bond acceptors (Lipinski definition) is 4. The van der Waals surface area contributed by atoms with Crippen LogP contribution in [0, 0.1) is 23.7 Å². The summed E-state index contributed by atoms with van der Waals surface area (Å²) < 4.78 is 5.64. The van der Waals surface area contributed by atoms with Crippen molar-refractivity contribution in [3.63, 3.8) is 0 Å². The maximum Gasteiger partial charge on any atom is 0.213 e. The lowest BCUT2D eigenvalue weighted by Gasteiger charge is -2.46. The Morgan fingerprint density at radius 3 is 2.73 bits per heavy atom. The molecule has 0 amide bonds. The molecule has 0 bridgehead atoms. The van der Waals surface area contributed by atoms with Gasteiger partial charge in [0.25, 0.3) is 0 Å². The van der Waals surface area contributed by atoms with Gasteiger partial charge in [0.2, 0.25) is 5.88 Å². The van der Waals surface area contributed by atoms with E-state index >= 15 is 0 Å². The van der Waals surface area contributed by atoms with Gasteiger partial charge in [0.15, 0.2) is 0 Å². The van der Waals surface area contributed by atoms with Crippen LogP contribution in [0.3, 0.4) is 0 Å². The maximum absolute atomic E-state index is 10.5. The number of amidine groups is 1. The smallest absolute Gasteiger partial charge is 0.213 e. The summed E-state index contributed by atoms with van der Waals surface area (Å²) in [7, 11) is 1.68. The fourth-order valence-electron chi connectivity index (χ4n) is 6.48. The van der Waals surface area contributed by atoms with E-state index in [1.165, 1.54) is 23.1 Å². The van der Waals surface area contributed by atoms with Gasteiger partial charge in [-0.3, -0.25) is 0 Å². The van der Waals surface area contributed by atoms with Gasteiger partial charge in [-0.1, -0.05) is 48.6 Å². The minimum Gasteiger partial charge on any atom is -0.508 e. The Labute approximate surface area is 196 Å². The first-order valence-corrected chi connectivity index (χ1v) is 12.4. The molecule has 6 aliphatic rings. The highest BCUT2D eigenvalue weighted by molar-refractivity contribution is 6.01. The first kappa shape index (κ1) is 20.6. The summed E-state index contributed by atoms with van der Waals surface area (Å²) in [6.45, 7) is 0. The molecule has 1 aliphatic heterocycles. The second-order valence-electron chi connectivity index (χ2n) is 9.84. The normalized spacial score (nSPS) is 34.6. The van der Waals surface area contributed by atoms with E-state index in [9.17, 15) is 5.11 Å². The first-order valence-electron chi connectivity index (χ1n) is 12.4. The third-order valence-electron chi connectivity index (χ3n) is 8.08. The predicted molar refractivity (Wildman–Crippen MR) is 132 cm³/mol. The summed E-state index contributed by atoms with van der Waals surface area (Å²) in [6.07, 6.45) is 29.2. The highest BCUT2D eigenvalue weighted by Gasteiger charge is 2.43. The molecule has 170 valence electrons. The van der Waals surface area contributed by atoms with Crippen molar-refractivity contribution in [1.82, 2.24) is 5.32 Å². The van der Waals surface area contributed by atoms with Crippen LogP contribution in [-0.4, -0.2) is 24.1 Å². The van der Waals surface area contributed by atoms with Crippen LogP contribution in [0.25, 0.3) is 0 Å². The largest absolute Gasteiger partial charge is 0.508 e. The van der Waals surface area contributed by atoms with Crippen molar-refractivity contribution in [2.75, 3.05) is 7.11 Å². The zero-order valence-corrected chi connectivity index (χ0v) is 19.2. The van der Waals surface area contributed by atoms with Gasteiger partial charge in [-0.25, -0.2) is 0 Å². The Morgan fingerprint density at radius 1 is 0.970 bits per heavy atom. The molecule has 0 radical (unpaired) electrons. The second-order valence-corrected chi connectivity index (χ2v) is 9.84. The lowest BCUT2D eigenvalue weighted by Crippen LogP contribution is -2.45. The lowest BCUT2D eigenvalue weighted by molar-refractivity contribution is 0.257. The molecule has 1 heterocycles. The van der Waals surface area contributed by atoms with Crippen LogP contribution in [0.1, 0.15) is 38.5 Å². The zero-order chi connectivity index (χ0) is 22.4. The highest BCUT2D eigenvalue weighted by atomic mass is 16.5. The minimum atomic E-state index is 0.0149. The molecule has 5 atom stereocenters. The van der Waals surface area contributed by atoms with Crippen LogP contribution in [-0.2, 0) is 4.74 Å². The highest BCUT2D eigenvalue weighted by Crippen LogP contribution is 2.51. The molecule has 5 unspecified atom stereocenters. The Morgan fingerprint density at radius 2 is 1.85 bits per heavy atom. The summed E-state index contributed by atoms with van der Waals surface area (Å²) >= 11 is 0. The number of nitrogens with one attached hydrogen (secondary N) is 1. The number of rotatable bonds is 3. The van der Waals surface area contributed by atoms with Crippen molar-refractivity contribution in [2.24, 2.45) is 28.7 Å². The summed E-state index contributed by atoms with van der Waals surface area (Å²) in [5, 5.41) is 14.2. The van der Waals surface area contributed by atoms with Gasteiger partial charge in [0.1, 0.15) is 11.6 Å². The number of hydrogen-bond donors (Lipinski definition) is 2. The number of aliphatic imine (C=N–C) groups is 1. The van der Waals surface area contributed by atoms with E-state index in [-0.39, 0.29) is 6.04 Å². The molecule has 0 aromatic carbocycles. The maximum atomic E-state index is 10.5. The van der Waals surface area contributed by atoms with E-state index in [0.29, 0.717) is 35.3 Å². The summed E-state index contributed by atoms with van der Waals surface area (Å²) in [5.74, 6) is 3.61. The molecule has 33 heavy (non-hydrogen) atoms. The van der Waals surface area contributed by atoms with Gasteiger partial charge in [0, 0.05) is 17.6 Å². The fraction of sp³-hybridized carbons (Fsp3) is 0.414. The van der Waals surface area contributed by atoms with Crippen molar-refractivity contribution < 1.29 is 9.84 Å². The summed E-state index contributed by atoms with van der Waals surface area (Å²) in [6, 6.07) is 0.0149. The number of allylic oxidation sites excluding steroid dienone is 11. The zero-order valence-electron chi connectivity index (χ0n) is 19.2. The van der Waals surface area contributed by atoms with Gasteiger partial charge < -0.3 is 15.2 Å². The average molecular weight is 441 g/mol. The lowest BCUT2D eigenvalue weighted by atomic mass is 9.59. The van der Waals surface area contributed by atoms with Crippen LogP contribution in [0.15, 0.2) is 99.7 Å². The van der Waals surface area contributed by atoms with Crippen LogP contribution < -0.4 is 5.32 Å². The Balaban J connectivity index is 1.41. The van der Waals surface area contributed by atoms with Crippen LogP contribution >= 0.6 is 0 Å². The number of ether oxygens (including phenoxy) is 1. The van der Waals surface area contributed by atoms with E-state index < -0.39 is 0 Å². The third kappa shape index (κ3) is 3.56. The molecule has 0 aromatic rings. The summed E-state index contributed by atoms with van der Waals surface area (Å²) in [4.78, 5) is 4.69. The van der Waals surface area contributed by atoms with Gasteiger partial charge in [-0.05, 0) is 79.1 Å². The van der Waals surface area contributed by atoms with Crippen molar-refractivity contribution in [3.05, 3.63) is 94.7 Å². The number of aliphatic hydroxyl groups is 1. The van der Waals surface area contributed by atoms with Crippen molar-refractivity contribution in [2.45, 2.75) is 44.6 Å². The van der Waals surface area contributed by atoms with Crippen molar-refractivity contribution in [1.29, 1.82) is 0 Å². The number of fused-ring (bicyclic) bond motifs is 4. The quantitative estimate of drug-likeness (QED) is 0.531. The second kappa shape index (κ2) is 8.40. The fourth-order valence-corrected chi connectivity index (χ4v) is 6.48. The predicted octanol–water partition coefficient (Wildman–Crippen LogP) is 5.98. The van der Waals surface area contributed by atoms with Gasteiger partial charge in [-0.15, -0.1) is 0 Å². The molecular formula is C29H32N2O2. The monoisotopic (exact) mass is 440 g/mol. The van der Waals surface area contributed by atoms with Gasteiger partial charge in [-0.2, -0.15) is 4.99 Å². The average Bonchev–Trinajstić information content (AvgIpc) is 2.88. The molecule has 2 N–H and O–H groups in total. The number of methoxy groups -OCH3 is 1. The molecule has 0 spiro atoms. The van der Waals surface area contributed by atoms with Crippen molar-refractivity contribution >= 4 is 5.84 Å². The van der Waals surface area contributed by atoms with Gasteiger partial charge in [0.05, 0.1) is 13.2 Å². The molecule has 0 saturated carbocycles. The van der Waals surface area contributed by atoms with E-state index in [1.54, 1.807) is 13.2 Å². The molecule has 0 aromatic heterocycles. The van der Waals surface area contributed by atoms with Crippen LogP contribution in [0.2, 0.25) is 0 Å². The van der Waals surface area contributed by atoms with Crippen LogP contribution in [0.4, 0.5) is 0 Å². The Bertz CT molecular complexity index is 1120. The molecule has 6 rings (SSSR count). The molecule has 4 heteroatoms. The third-order valence-corrected chi connectivity index (χ3v) is 8.08. The molecule has 4 nitrogen and oxygen atoms in total. The van der Waals surface area contributed by atoms with E-state index in [2.05, 4.69) is 53.9 Å². The van der Waals surface area contributed by atoms with Gasteiger partial charge >= 0.3 is 0 Å². The summed E-state index contributed by atoms with van der Waals surface area (Å²) in [5.41, 5.74) is 5.33. The van der Waals surface area contributed by atoms with Crippen molar-refractivity contribution in [3.8, 4) is 0 Å². The van der Waals surface area contributed by atoms with E-state index in [0.717, 1.165) is 43.5 Å². The first-order chi connectivity index (χ1) is 16.2. The standard InChI is InChI=1S/C29H32N2O2/c1-33-28-17-26(30-29(31-28)23-12-6-7-13-27(23)32)25-16-24-19-9-3-2-8-18(19)14-15-22(24)20-10-4-5-11-21(20)25/h3-4,7,9-10,13-17,20-22,24,26,32H,2,5-6,8,11-12H2,1H3,(H,30,31). The van der Waals surface area contributed by atoms with Crippen LogP contribution in [0.5, 0.6) is 0 Å². The molecule has 0 saturated heterocycles. The molecule has 5 aliphatic carbocycles. The molecule has 0 fully saturated rings. The Hall–Kier alpha value is -3.01. The molecular weight excluding hydrogens is 408 g/mol. The Kier molecular flexibility index (Phi) is 5.24. The SMILES string of the molecule is COC1=CC(C2=CC3C4=C(C=CC3C3C=CCCC23)CCC=C4)NC(C2=C(O)C=CCC2)=N1. The van der Waals surface area contributed by atoms with E-state index in [4.69, 9.17) is 9.73 Å². The van der Waals surface area contributed by atoms with E-state index in [1.807, 2.05) is 6.08 Å².